The maximum atomic E-state index is 13.5. The molecule has 0 spiro atoms. The van der Waals surface area contributed by atoms with Gasteiger partial charge in [-0.1, -0.05) is 29.0 Å². The summed E-state index contributed by atoms with van der Waals surface area (Å²) in [5.41, 5.74) is 2.49. The van der Waals surface area contributed by atoms with Gasteiger partial charge in [-0.25, -0.2) is 8.42 Å². The van der Waals surface area contributed by atoms with Crippen molar-refractivity contribution in [1.82, 2.24) is 4.57 Å². The van der Waals surface area contributed by atoms with Crippen LogP contribution in [0.5, 0.6) is 5.75 Å². The molecule has 4 rings (SSSR count). The van der Waals surface area contributed by atoms with Crippen LogP contribution >= 0.6 is 11.3 Å². The van der Waals surface area contributed by atoms with Crippen molar-refractivity contribution in [2.45, 2.75) is 18.7 Å². The fourth-order valence-corrected chi connectivity index (χ4v) is 5.91. The minimum atomic E-state index is -4.03. The topological polar surface area (TPSA) is 97.7 Å². The van der Waals surface area contributed by atoms with E-state index in [0.29, 0.717) is 23.7 Å². The first-order valence-electron chi connectivity index (χ1n) is 10.9. The molecule has 3 aromatic carbocycles. The molecule has 0 radical (unpaired) electrons. The van der Waals surface area contributed by atoms with Crippen molar-refractivity contribution in [2.24, 2.45) is 7.05 Å². The Bertz CT molecular complexity index is 1520. The quantitative estimate of drug-likeness (QED) is 0.383. The number of ether oxygens (including phenoxy) is 1. The molecule has 0 aliphatic heterocycles. The van der Waals surface area contributed by atoms with Gasteiger partial charge in [0.2, 0.25) is 5.91 Å². The molecule has 1 N–H and O–H groups in total. The molecule has 1 amide bonds. The number of sulfonamides is 1. The molecule has 1 aromatic heterocycles. The number of hydrogen-bond donors (Lipinski definition) is 1. The van der Waals surface area contributed by atoms with Gasteiger partial charge >= 0.3 is 4.87 Å². The summed E-state index contributed by atoms with van der Waals surface area (Å²) < 4.78 is 35.9. The summed E-state index contributed by atoms with van der Waals surface area (Å²) >= 11 is 1.08. The normalized spacial score (nSPS) is 11.4. The third-order valence-electron chi connectivity index (χ3n) is 5.41. The number of hydrogen-bond acceptors (Lipinski definition) is 6. The van der Waals surface area contributed by atoms with E-state index in [9.17, 15) is 18.0 Å². The summed E-state index contributed by atoms with van der Waals surface area (Å²) in [5.74, 6) is 0.0840. The summed E-state index contributed by atoms with van der Waals surface area (Å²) in [6.07, 6.45) is 0. The summed E-state index contributed by atoms with van der Waals surface area (Å²) in [4.78, 5) is 24.9. The number of thiazole rings is 1. The highest BCUT2D eigenvalue weighted by Gasteiger charge is 2.27. The summed E-state index contributed by atoms with van der Waals surface area (Å²) in [7, 11) is -2.35. The van der Waals surface area contributed by atoms with E-state index in [-0.39, 0.29) is 9.77 Å². The lowest BCUT2D eigenvalue weighted by Gasteiger charge is -2.24. The van der Waals surface area contributed by atoms with Gasteiger partial charge in [-0.2, -0.15) is 0 Å². The fraction of sp³-hybridized carbons (Fsp3) is 0.200. The number of anilines is 2. The largest absolute Gasteiger partial charge is 0.494 e. The number of nitrogens with zero attached hydrogens (tertiary/aromatic N) is 2. The molecule has 0 aliphatic carbocycles. The van der Waals surface area contributed by atoms with Crippen LogP contribution < -0.4 is 19.2 Å². The molecule has 10 heteroatoms. The van der Waals surface area contributed by atoms with Crippen molar-refractivity contribution in [2.75, 3.05) is 22.8 Å². The first-order valence-corrected chi connectivity index (χ1v) is 13.2. The van der Waals surface area contributed by atoms with Crippen LogP contribution in [-0.2, 0) is 21.9 Å². The Labute approximate surface area is 207 Å². The number of rotatable bonds is 8. The molecular formula is C25H25N3O5S2. The van der Waals surface area contributed by atoms with Gasteiger partial charge in [0, 0.05) is 12.7 Å². The molecule has 4 aromatic rings. The highest BCUT2D eigenvalue weighted by Crippen LogP contribution is 2.27. The van der Waals surface area contributed by atoms with E-state index in [1.807, 2.05) is 13.8 Å². The standard InChI is InChI=1S/C25H25N3O5S2/c1-4-33-20-10-8-19(9-11-20)28(35(31,32)21-12-5-17(2)6-13-21)16-24(29)26-18-7-14-22-23(15-18)34-25(30)27(22)3/h5-15H,4,16H2,1-3H3,(H,26,29). The summed E-state index contributed by atoms with van der Waals surface area (Å²) in [5, 5.41) is 2.75. The van der Waals surface area contributed by atoms with Gasteiger partial charge < -0.3 is 14.6 Å². The molecule has 0 unspecified atom stereocenters. The molecule has 1 heterocycles. The van der Waals surface area contributed by atoms with Crippen molar-refractivity contribution >= 4 is 48.9 Å². The molecule has 0 saturated heterocycles. The van der Waals surface area contributed by atoms with Crippen molar-refractivity contribution in [3.05, 3.63) is 82.0 Å². The fourth-order valence-electron chi connectivity index (χ4n) is 3.57. The average molecular weight is 512 g/mol. The second-order valence-corrected chi connectivity index (χ2v) is 10.8. The molecule has 8 nitrogen and oxygen atoms in total. The predicted molar refractivity (Wildman–Crippen MR) is 139 cm³/mol. The second kappa shape index (κ2) is 9.93. The van der Waals surface area contributed by atoms with E-state index in [1.54, 1.807) is 61.6 Å². The van der Waals surface area contributed by atoms with Gasteiger partial charge in [-0.05, 0) is 68.4 Å². The Hall–Kier alpha value is -3.63. The number of amides is 1. The van der Waals surface area contributed by atoms with Crippen LogP contribution in [0.3, 0.4) is 0 Å². The molecule has 0 aliphatic rings. The van der Waals surface area contributed by atoms with Crippen molar-refractivity contribution in [3.63, 3.8) is 0 Å². The third-order valence-corrected chi connectivity index (χ3v) is 8.19. The Balaban J connectivity index is 1.64. The molecule has 35 heavy (non-hydrogen) atoms. The number of carbonyl (C=O) groups excluding carboxylic acids is 1. The number of nitrogens with one attached hydrogen (secondary N) is 1. The van der Waals surface area contributed by atoms with Crippen LogP contribution in [0.1, 0.15) is 12.5 Å². The number of aryl methyl sites for hydroxylation is 2. The highest BCUT2D eigenvalue weighted by molar-refractivity contribution is 7.92. The van der Waals surface area contributed by atoms with Gasteiger partial charge in [0.1, 0.15) is 12.3 Å². The van der Waals surface area contributed by atoms with E-state index in [1.165, 1.54) is 16.7 Å². The van der Waals surface area contributed by atoms with Gasteiger partial charge in [0.25, 0.3) is 10.0 Å². The van der Waals surface area contributed by atoms with E-state index in [0.717, 1.165) is 31.4 Å². The van der Waals surface area contributed by atoms with Crippen LogP contribution in [0.25, 0.3) is 10.2 Å². The maximum Gasteiger partial charge on any atom is 0.307 e. The second-order valence-electron chi connectivity index (χ2n) is 7.91. The minimum Gasteiger partial charge on any atom is -0.494 e. The zero-order chi connectivity index (χ0) is 25.2. The molecule has 182 valence electrons. The lowest BCUT2D eigenvalue weighted by Crippen LogP contribution is -2.38. The van der Waals surface area contributed by atoms with Crippen molar-refractivity contribution < 1.29 is 17.9 Å². The number of aromatic nitrogens is 1. The molecular weight excluding hydrogens is 486 g/mol. The summed E-state index contributed by atoms with van der Waals surface area (Å²) in [6.45, 7) is 3.77. The molecule has 0 atom stereocenters. The Kier molecular flexibility index (Phi) is 6.95. The number of fused-ring (bicyclic) bond motifs is 1. The van der Waals surface area contributed by atoms with Crippen molar-refractivity contribution in [3.8, 4) is 5.75 Å². The van der Waals surface area contributed by atoms with Gasteiger partial charge in [0.15, 0.2) is 0 Å². The number of carbonyl (C=O) groups is 1. The van der Waals surface area contributed by atoms with Crippen LogP contribution in [0.4, 0.5) is 11.4 Å². The monoisotopic (exact) mass is 511 g/mol. The lowest BCUT2D eigenvalue weighted by molar-refractivity contribution is -0.114. The predicted octanol–water partition coefficient (Wildman–Crippen LogP) is 4.14. The van der Waals surface area contributed by atoms with E-state index >= 15 is 0 Å². The average Bonchev–Trinajstić information content (AvgIpc) is 3.11. The van der Waals surface area contributed by atoms with Gasteiger partial charge in [0.05, 0.1) is 27.4 Å². The smallest absolute Gasteiger partial charge is 0.307 e. The Morgan fingerprint density at radius 3 is 2.40 bits per heavy atom. The SMILES string of the molecule is CCOc1ccc(N(CC(=O)Nc2ccc3c(c2)sc(=O)n3C)S(=O)(=O)c2ccc(C)cc2)cc1. The maximum absolute atomic E-state index is 13.5. The summed E-state index contributed by atoms with van der Waals surface area (Å²) in [6, 6.07) is 18.2. The Morgan fingerprint density at radius 1 is 1.06 bits per heavy atom. The minimum absolute atomic E-state index is 0.0836. The number of benzene rings is 3. The van der Waals surface area contributed by atoms with Crippen LogP contribution in [0.15, 0.2) is 76.4 Å². The molecule has 0 fully saturated rings. The van der Waals surface area contributed by atoms with Gasteiger partial charge in [-0.3, -0.25) is 13.9 Å². The van der Waals surface area contributed by atoms with Crippen molar-refractivity contribution in [1.29, 1.82) is 0 Å². The van der Waals surface area contributed by atoms with Crippen LogP contribution in [0, 0.1) is 6.92 Å². The first-order chi connectivity index (χ1) is 16.7. The van der Waals surface area contributed by atoms with E-state index in [2.05, 4.69) is 5.32 Å². The van der Waals surface area contributed by atoms with E-state index in [4.69, 9.17) is 4.74 Å². The Morgan fingerprint density at radius 2 is 1.74 bits per heavy atom. The highest BCUT2D eigenvalue weighted by atomic mass is 32.2. The molecule has 0 bridgehead atoms. The van der Waals surface area contributed by atoms with Crippen LogP contribution in [-0.4, -0.2) is 32.0 Å². The third kappa shape index (κ3) is 5.23. The molecule has 0 saturated carbocycles. The lowest BCUT2D eigenvalue weighted by atomic mass is 10.2. The zero-order valence-corrected chi connectivity index (χ0v) is 21.2. The zero-order valence-electron chi connectivity index (χ0n) is 19.5. The first kappa shape index (κ1) is 24.5. The van der Waals surface area contributed by atoms with Gasteiger partial charge in [-0.15, -0.1) is 0 Å². The van der Waals surface area contributed by atoms with E-state index < -0.39 is 22.5 Å². The van der Waals surface area contributed by atoms with Crippen LogP contribution in [0.2, 0.25) is 0 Å².